The Hall–Kier alpha value is -2.62. The van der Waals surface area contributed by atoms with E-state index in [-0.39, 0.29) is 29.7 Å². The molecule has 0 bridgehead atoms. The molecule has 7 heteroatoms. The van der Waals surface area contributed by atoms with Crippen molar-refractivity contribution in [3.8, 4) is 6.07 Å². The zero-order valence-corrected chi connectivity index (χ0v) is 13.9. The minimum Gasteiger partial charge on any atom is -0.382 e. The Labute approximate surface area is 146 Å². The van der Waals surface area contributed by atoms with Crippen LogP contribution >= 0.6 is 0 Å². The van der Waals surface area contributed by atoms with Crippen LogP contribution in [-0.4, -0.2) is 42.9 Å². The molecular formula is C18H21FN4O2. The second kappa shape index (κ2) is 7.51. The highest BCUT2D eigenvalue weighted by Gasteiger charge is 2.36. The number of likely N-dealkylation sites (tertiary alicyclic amines) is 1. The number of amides is 2. The Morgan fingerprint density at radius 3 is 2.88 bits per heavy atom. The lowest BCUT2D eigenvalue weighted by Gasteiger charge is -2.16. The van der Waals surface area contributed by atoms with Crippen LogP contribution in [0.2, 0.25) is 0 Å². The fourth-order valence-electron chi connectivity index (χ4n) is 3.05. The van der Waals surface area contributed by atoms with Crippen LogP contribution in [0.15, 0.2) is 18.2 Å². The van der Waals surface area contributed by atoms with Gasteiger partial charge in [-0.3, -0.25) is 9.59 Å². The van der Waals surface area contributed by atoms with Crippen molar-refractivity contribution in [2.24, 2.45) is 11.8 Å². The van der Waals surface area contributed by atoms with E-state index in [1.54, 1.807) is 11.0 Å². The first-order valence-corrected chi connectivity index (χ1v) is 8.56. The van der Waals surface area contributed by atoms with Crippen LogP contribution in [0.5, 0.6) is 0 Å². The van der Waals surface area contributed by atoms with Crippen molar-refractivity contribution in [1.82, 2.24) is 10.2 Å². The average Bonchev–Trinajstić information content (AvgIpc) is 3.33. The maximum atomic E-state index is 13.5. The third kappa shape index (κ3) is 4.27. The molecule has 2 aliphatic rings. The molecule has 25 heavy (non-hydrogen) atoms. The van der Waals surface area contributed by atoms with E-state index in [9.17, 15) is 14.0 Å². The number of benzene rings is 1. The summed E-state index contributed by atoms with van der Waals surface area (Å²) in [4.78, 5) is 25.9. The highest BCUT2D eigenvalue weighted by atomic mass is 19.1. The summed E-state index contributed by atoms with van der Waals surface area (Å²) in [6.07, 6.45) is 2.63. The summed E-state index contributed by atoms with van der Waals surface area (Å²) in [6, 6.07) is 6.20. The monoisotopic (exact) mass is 344 g/mol. The number of halogens is 1. The largest absolute Gasteiger partial charge is 0.382 e. The van der Waals surface area contributed by atoms with Crippen LogP contribution in [-0.2, 0) is 9.59 Å². The van der Waals surface area contributed by atoms with Gasteiger partial charge >= 0.3 is 0 Å². The minimum absolute atomic E-state index is 0.0362. The van der Waals surface area contributed by atoms with Crippen LogP contribution in [0.4, 0.5) is 10.1 Å². The van der Waals surface area contributed by atoms with Crippen LogP contribution in [0.1, 0.15) is 24.8 Å². The fraction of sp³-hybridized carbons (Fsp3) is 0.500. The number of nitrogens with one attached hydrogen (secondary N) is 2. The second-order valence-electron chi connectivity index (χ2n) is 6.64. The van der Waals surface area contributed by atoms with Gasteiger partial charge in [-0.1, -0.05) is 6.07 Å². The van der Waals surface area contributed by atoms with Gasteiger partial charge < -0.3 is 15.5 Å². The molecule has 1 aliphatic carbocycles. The molecule has 1 saturated carbocycles. The summed E-state index contributed by atoms with van der Waals surface area (Å²) in [5, 5.41) is 14.7. The third-order valence-electron chi connectivity index (χ3n) is 4.63. The molecule has 0 aromatic heterocycles. The van der Waals surface area contributed by atoms with Gasteiger partial charge in [0.2, 0.25) is 11.8 Å². The highest BCUT2D eigenvalue weighted by Crippen LogP contribution is 2.31. The molecule has 0 radical (unpaired) electrons. The van der Waals surface area contributed by atoms with Crippen LogP contribution in [0.3, 0.4) is 0 Å². The van der Waals surface area contributed by atoms with Crippen molar-refractivity contribution in [2.75, 3.05) is 31.5 Å². The number of rotatable bonds is 7. The third-order valence-corrected chi connectivity index (χ3v) is 4.63. The van der Waals surface area contributed by atoms with Gasteiger partial charge in [-0.05, 0) is 30.9 Å². The van der Waals surface area contributed by atoms with E-state index >= 15 is 0 Å². The Morgan fingerprint density at radius 2 is 2.16 bits per heavy atom. The molecule has 6 nitrogen and oxygen atoms in total. The number of nitriles is 1. The van der Waals surface area contributed by atoms with Crippen LogP contribution < -0.4 is 10.6 Å². The number of hydrogen-bond donors (Lipinski definition) is 2. The van der Waals surface area contributed by atoms with Crippen molar-refractivity contribution >= 4 is 17.5 Å². The second-order valence-corrected chi connectivity index (χ2v) is 6.64. The van der Waals surface area contributed by atoms with Gasteiger partial charge in [-0.25, -0.2) is 4.39 Å². The summed E-state index contributed by atoms with van der Waals surface area (Å²) in [6.45, 7) is 1.99. The van der Waals surface area contributed by atoms with E-state index in [1.807, 2.05) is 6.07 Å². The first kappa shape index (κ1) is 17.2. The van der Waals surface area contributed by atoms with E-state index in [0.717, 1.165) is 6.54 Å². The quantitative estimate of drug-likeness (QED) is 0.734. The SMILES string of the molecule is N#Cc1c(F)cccc1NCCNC(=O)C1CC(=O)N(CC2CC2)C1. The van der Waals surface area contributed by atoms with Gasteiger partial charge in [0.05, 0.1) is 11.6 Å². The number of carbonyl (C=O) groups excluding carboxylic acids is 2. The zero-order valence-electron chi connectivity index (χ0n) is 13.9. The smallest absolute Gasteiger partial charge is 0.225 e. The molecule has 1 heterocycles. The number of carbonyl (C=O) groups is 2. The predicted octanol–water partition coefficient (Wildman–Crippen LogP) is 1.48. The van der Waals surface area contributed by atoms with Gasteiger partial charge in [-0.15, -0.1) is 0 Å². The van der Waals surface area contributed by atoms with Gasteiger partial charge in [-0.2, -0.15) is 5.26 Å². The molecule has 2 fully saturated rings. The lowest BCUT2D eigenvalue weighted by molar-refractivity contribution is -0.129. The Kier molecular flexibility index (Phi) is 5.17. The molecule has 1 unspecified atom stereocenters. The van der Waals surface area contributed by atoms with Crippen molar-refractivity contribution in [1.29, 1.82) is 5.26 Å². The molecule has 1 atom stereocenters. The summed E-state index contributed by atoms with van der Waals surface area (Å²) in [7, 11) is 0. The molecule has 3 rings (SSSR count). The maximum Gasteiger partial charge on any atom is 0.225 e. The molecule has 1 aromatic rings. The Balaban J connectivity index is 1.42. The zero-order chi connectivity index (χ0) is 17.8. The maximum absolute atomic E-state index is 13.5. The molecular weight excluding hydrogens is 323 g/mol. The molecule has 132 valence electrons. The van der Waals surface area contributed by atoms with Crippen LogP contribution in [0, 0.1) is 29.0 Å². The number of nitrogens with zero attached hydrogens (tertiary/aromatic N) is 2. The summed E-state index contributed by atoms with van der Waals surface area (Å²) in [5.41, 5.74) is 0.370. The molecule has 1 aromatic carbocycles. The Bertz CT molecular complexity index is 712. The molecule has 2 N–H and O–H groups in total. The Morgan fingerprint density at radius 1 is 1.36 bits per heavy atom. The van der Waals surface area contributed by atoms with Gasteiger partial charge in [0, 0.05) is 32.6 Å². The van der Waals surface area contributed by atoms with Gasteiger partial charge in [0.25, 0.3) is 0 Å². The normalized spacial score (nSPS) is 19.6. The van der Waals surface area contributed by atoms with Crippen LogP contribution in [0.25, 0.3) is 0 Å². The molecule has 2 amide bonds. The fourth-order valence-corrected chi connectivity index (χ4v) is 3.05. The van der Waals surface area contributed by atoms with Crippen molar-refractivity contribution in [3.05, 3.63) is 29.6 Å². The average molecular weight is 344 g/mol. The lowest BCUT2D eigenvalue weighted by Crippen LogP contribution is -2.36. The highest BCUT2D eigenvalue weighted by molar-refractivity contribution is 5.89. The predicted molar refractivity (Wildman–Crippen MR) is 90.0 cm³/mol. The lowest BCUT2D eigenvalue weighted by atomic mass is 10.1. The van der Waals surface area contributed by atoms with Crippen molar-refractivity contribution < 1.29 is 14.0 Å². The summed E-state index contributed by atoms with van der Waals surface area (Å²) < 4.78 is 13.5. The van der Waals surface area contributed by atoms with Crippen molar-refractivity contribution in [2.45, 2.75) is 19.3 Å². The summed E-state index contributed by atoms with van der Waals surface area (Å²) in [5.74, 6) is -0.320. The minimum atomic E-state index is -0.572. The van der Waals surface area contributed by atoms with Crippen molar-refractivity contribution in [3.63, 3.8) is 0 Å². The van der Waals surface area contributed by atoms with E-state index < -0.39 is 5.82 Å². The topological polar surface area (TPSA) is 85.2 Å². The molecule has 1 saturated heterocycles. The van der Waals surface area contributed by atoms with E-state index in [0.29, 0.717) is 31.2 Å². The molecule has 1 aliphatic heterocycles. The van der Waals surface area contributed by atoms with E-state index in [4.69, 9.17) is 5.26 Å². The number of anilines is 1. The first-order chi connectivity index (χ1) is 12.1. The number of hydrogen-bond acceptors (Lipinski definition) is 4. The van der Waals surface area contributed by atoms with Gasteiger partial charge in [0.1, 0.15) is 17.4 Å². The standard InChI is InChI=1S/C18H21FN4O2/c19-15-2-1-3-16(14(15)9-20)21-6-7-22-18(25)13-8-17(24)23(11-13)10-12-4-5-12/h1-3,12-13,21H,4-8,10-11H2,(H,22,25). The first-order valence-electron chi connectivity index (χ1n) is 8.56. The van der Waals surface area contributed by atoms with Gasteiger partial charge in [0.15, 0.2) is 0 Å². The summed E-state index contributed by atoms with van der Waals surface area (Å²) >= 11 is 0. The molecule has 0 spiro atoms. The van der Waals surface area contributed by atoms with E-state index in [2.05, 4.69) is 10.6 Å². The van der Waals surface area contributed by atoms with E-state index in [1.165, 1.54) is 25.0 Å².